The number of amides is 2. The molecule has 138 valence electrons. The zero-order valence-corrected chi connectivity index (χ0v) is 17.1. The van der Waals surface area contributed by atoms with E-state index in [1.54, 1.807) is 18.9 Å². The predicted molar refractivity (Wildman–Crippen MR) is 109 cm³/mol. The van der Waals surface area contributed by atoms with Crippen LogP contribution in [0.15, 0.2) is 46.9 Å². The summed E-state index contributed by atoms with van der Waals surface area (Å²) in [6, 6.07) is 12.9. The number of para-hydroxylation sites is 1. The number of carbonyl (C=O) groups is 2. The van der Waals surface area contributed by atoms with Crippen molar-refractivity contribution in [2.24, 2.45) is 0 Å². The van der Waals surface area contributed by atoms with Crippen LogP contribution < -0.4 is 10.6 Å². The smallest absolute Gasteiger partial charge is 0.241 e. The van der Waals surface area contributed by atoms with Crippen LogP contribution in [0.3, 0.4) is 0 Å². The van der Waals surface area contributed by atoms with Gasteiger partial charge in [0.1, 0.15) is 0 Å². The Bertz CT molecular complexity index is 807. The van der Waals surface area contributed by atoms with E-state index in [-0.39, 0.29) is 18.4 Å². The summed E-state index contributed by atoms with van der Waals surface area (Å²) in [5.41, 5.74) is 3.59. The Labute approximate surface area is 162 Å². The average Bonchev–Trinajstić information content (AvgIpc) is 2.59. The molecule has 0 radical (unpaired) electrons. The van der Waals surface area contributed by atoms with Crippen LogP contribution >= 0.6 is 15.9 Å². The molecule has 1 atom stereocenters. The molecule has 0 heterocycles. The zero-order valence-electron chi connectivity index (χ0n) is 15.5. The molecule has 0 aliphatic heterocycles. The molecule has 2 N–H and O–H groups in total. The lowest BCUT2D eigenvalue weighted by atomic mass is 10.1. The average molecular weight is 418 g/mol. The minimum atomic E-state index is -0.445. The number of hydrogen-bond acceptors (Lipinski definition) is 3. The maximum Gasteiger partial charge on any atom is 0.241 e. The van der Waals surface area contributed by atoms with Crippen LogP contribution in [-0.2, 0) is 9.59 Å². The molecule has 2 aromatic rings. The van der Waals surface area contributed by atoms with E-state index in [1.807, 2.05) is 56.3 Å². The molecule has 0 fully saturated rings. The van der Waals surface area contributed by atoms with E-state index in [4.69, 9.17) is 0 Å². The van der Waals surface area contributed by atoms with Gasteiger partial charge in [-0.1, -0.05) is 24.3 Å². The van der Waals surface area contributed by atoms with Crippen molar-refractivity contribution in [1.29, 1.82) is 0 Å². The third-order valence-corrected chi connectivity index (χ3v) is 4.92. The third-order valence-electron chi connectivity index (χ3n) is 4.23. The molecular formula is C20H24BrN3O2. The van der Waals surface area contributed by atoms with Gasteiger partial charge in [-0.3, -0.25) is 14.5 Å². The van der Waals surface area contributed by atoms with Crippen molar-refractivity contribution in [3.05, 3.63) is 58.1 Å². The van der Waals surface area contributed by atoms with Crippen LogP contribution in [0.5, 0.6) is 0 Å². The van der Waals surface area contributed by atoms with Gasteiger partial charge < -0.3 is 10.6 Å². The van der Waals surface area contributed by atoms with Gasteiger partial charge in [0.2, 0.25) is 11.8 Å². The van der Waals surface area contributed by atoms with Gasteiger partial charge in [0.15, 0.2) is 0 Å². The second kappa shape index (κ2) is 8.96. The van der Waals surface area contributed by atoms with E-state index >= 15 is 0 Å². The lowest BCUT2D eigenvalue weighted by Crippen LogP contribution is -2.43. The van der Waals surface area contributed by atoms with Crippen molar-refractivity contribution >= 4 is 39.1 Å². The summed E-state index contributed by atoms with van der Waals surface area (Å²) in [6.45, 7) is 5.83. The SMILES string of the molecule is Cc1ccc(C)c(NC(=O)C(C)N(C)CC(=O)Nc2ccccc2Br)c1. The number of carbonyl (C=O) groups excluding carboxylic acids is 2. The monoisotopic (exact) mass is 417 g/mol. The quantitative estimate of drug-likeness (QED) is 0.747. The second-order valence-corrected chi connectivity index (χ2v) is 7.28. The maximum absolute atomic E-state index is 12.5. The Hall–Kier alpha value is -2.18. The van der Waals surface area contributed by atoms with Gasteiger partial charge in [-0.05, 0) is 73.1 Å². The van der Waals surface area contributed by atoms with Crippen LogP contribution in [0, 0.1) is 13.8 Å². The number of nitrogens with zero attached hydrogens (tertiary/aromatic N) is 1. The largest absolute Gasteiger partial charge is 0.324 e. The van der Waals surface area contributed by atoms with Crippen molar-refractivity contribution in [1.82, 2.24) is 4.90 Å². The minimum absolute atomic E-state index is 0.114. The molecule has 5 nitrogen and oxygen atoms in total. The first kappa shape index (κ1) is 20.1. The molecule has 0 aromatic heterocycles. The first-order valence-electron chi connectivity index (χ1n) is 8.40. The Morgan fingerprint density at radius 1 is 1.08 bits per heavy atom. The Morgan fingerprint density at radius 2 is 1.77 bits per heavy atom. The predicted octanol–water partition coefficient (Wildman–Crippen LogP) is 3.96. The van der Waals surface area contributed by atoms with Gasteiger partial charge in [0, 0.05) is 10.2 Å². The van der Waals surface area contributed by atoms with Crippen LogP contribution in [0.25, 0.3) is 0 Å². The van der Waals surface area contributed by atoms with Gasteiger partial charge >= 0.3 is 0 Å². The van der Waals surface area contributed by atoms with Crippen molar-refractivity contribution in [2.75, 3.05) is 24.2 Å². The number of nitrogens with one attached hydrogen (secondary N) is 2. The minimum Gasteiger partial charge on any atom is -0.324 e. The molecular weight excluding hydrogens is 394 g/mol. The van der Waals surface area contributed by atoms with E-state index in [1.165, 1.54) is 0 Å². The fraction of sp³-hybridized carbons (Fsp3) is 0.300. The summed E-state index contributed by atoms with van der Waals surface area (Å²) < 4.78 is 0.816. The summed E-state index contributed by atoms with van der Waals surface area (Å²) in [7, 11) is 1.76. The standard InChI is InChI=1S/C20H24BrN3O2/c1-13-9-10-14(2)18(11-13)23-20(26)15(3)24(4)12-19(25)22-17-8-6-5-7-16(17)21/h5-11,15H,12H2,1-4H3,(H,22,25)(H,23,26). The second-order valence-electron chi connectivity index (χ2n) is 6.43. The summed E-state index contributed by atoms with van der Waals surface area (Å²) in [4.78, 5) is 26.5. The van der Waals surface area contributed by atoms with Gasteiger partial charge in [0.05, 0.1) is 18.3 Å². The van der Waals surface area contributed by atoms with Crippen LogP contribution in [0.2, 0.25) is 0 Å². The fourth-order valence-electron chi connectivity index (χ4n) is 2.42. The summed E-state index contributed by atoms with van der Waals surface area (Å²) in [5.74, 6) is -0.319. The molecule has 6 heteroatoms. The Morgan fingerprint density at radius 3 is 2.46 bits per heavy atom. The van der Waals surface area contributed by atoms with Gasteiger partial charge in [-0.15, -0.1) is 0 Å². The Balaban J connectivity index is 1.94. The van der Waals surface area contributed by atoms with Crippen LogP contribution in [-0.4, -0.2) is 36.3 Å². The molecule has 0 aliphatic carbocycles. The van der Waals surface area contributed by atoms with Gasteiger partial charge in [0.25, 0.3) is 0 Å². The highest BCUT2D eigenvalue weighted by Gasteiger charge is 2.21. The lowest BCUT2D eigenvalue weighted by molar-refractivity contribution is -0.122. The number of aryl methyl sites for hydroxylation is 2. The van der Waals surface area contributed by atoms with Crippen LogP contribution in [0.1, 0.15) is 18.1 Å². The zero-order chi connectivity index (χ0) is 19.3. The highest BCUT2D eigenvalue weighted by atomic mass is 79.9. The first-order valence-corrected chi connectivity index (χ1v) is 9.20. The first-order chi connectivity index (χ1) is 12.3. The summed E-state index contributed by atoms with van der Waals surface area (Å²) in [6.07, 6.45) is 0. The number of likely N-dealkylation sites (N-methyl/N-ethyl adjacent to an activating group) is 1. The molecule has 1 unspecified atom stereocenters. The van der Waals surface area contributed by atoms with E-state index in [9.17, 15) is 9.59 Å². The molecule has 0 spiro atoms. The molecule has 2 rings (SSSR count). The van der Waals surface area contributed by atoms with E-state index in [0.717, 1.165) is 21.3 Å². The molecule has 2 amide bonds. The van der Waals surface area contributed by atoms with Crippen molar-refractivity contribution in [3.63, 3.8) is 0 Å². The third kappa shape index (κ3) is 5.41. The molecule has 0 saturated heterocycles. The molecule has 0 aliphatic rings. The molecule has 26 heavy (non-hydrogen) atoms. The van der Waals surface area contributed by atoms with Crippen LogP contribution in [0.4, 0.5) is 11.4 Å². The van der Waals surface area contributed by atoms with Crippen molar-refractivity contribution < 1.29 is 9.59 Å². The number of anilines is 2. The topological polar surface area (TPSA) is 61.4 Å². The Kier molecular flexibility index (Phi) is 6.94. The van der Waals surface area contributed by atoms with Gasteiger partial charge in [-0.25, -0.2) is 0 Å². The van der Waals surface area contributed by atoms with Gasteiger partial charge in [-0.2, -0.15) is 0 Å². The molecule has 2 aromatic carbocycles. The fourth-order valence-corrected chi connectivity index (χ4v) is 2.81. The van der Waals surface area contributed by atoms with Crippen molar-refractivity contribution in [3.8, 4) is 0 Å². The highest BCUT2D eigenvalue weighted by Crippen LogP contribution is 2.21. The normalized spacial score (nSPS) is 11.9. The van der Waals surface area contributed by atoms with E-state index < -0.39 is 6.04 Å². The van der Waals surface area contributed by atoms with Crippen molar-refractivity contribution in [2.45, 2.75) is 26.8 Å². The highest BCUT2D eigenvalue weighted by molar-refractivity contribution is 9.10. The van der Waals surface area contributed by atoms with E-state index in [0.29, 0.717) is 5.69 Å². The van der Waals surface area contributed by atoms with E-state index in [2.05, 4.69) is 26.6 Å². The number of rotatable bonds is 6. The number of benzene rings is 2. The summed E-state index contributed by atoms with van der Waals surface area (Å²) >= 11 is 3.40. The summed E-state index contributed by atoms with van der Waals surface area (Å²) in [5, 5.41) is 5.79. The number of halogens is 1. The number of hydrogen-bond donors (Lipinski definition) is 2. The lowest BCUT2D eigenvalue weighted by Gasteiger charge is -2.24. The maximum atomic E-state index is 12.5. The molecule has 0 saturated carbocycles. The molecule has 0 bridgehead atoms.